The van der Waals surface area contributed by atoms with E-state index >= 15 is 0 Å². The van der Waals surface area contributed by atoms with E-state index in [1.807, 2.05) is 13.8 Å². The lowest BCUT2D eigenvalue weighted by Gasteiger charge is -2.23. The van der Waals surface area contributed by atoms with Crippen molar-refractivity contribution in [2.24, 2.45) is 5.92 Å². The molecule has 0 fully saturated rings. The number of carboxylic acid groups (broad SMARTS) is 1. The number of rotatable bonds is 14. The third kappa shape index (κ3) is 14.5. The van der Waals surface area contributed by atoms with Gasteiger partial charge in [0, 0.05) is 52.7 Å². The maximum Gasteiger partial charge on any atom is 0.407 e. The Hall–Kier alpha value is -7.88. The number of carboxylic acids is 1. The van der Waals surface area contributed by atoms with E-state index in [1.54, 1.807) is 70.9 Å². The topological polar surface area (TPSA) is 361 Å². The Bertz CT molecular complexity index is 3730. The molecular formula is C53H53N13O12S6. The number of aromatic nitrogens is 7. The van der Waals surface area contributed by atoms with Crippen molar-refractivity contribution in [3.05, 3.63) is 117 Å². The van der Waals surface area contributed by atoms with Gasteiger partial charge in [-0.05, 0) is 30.5 Å². The van der Waals surface area contributed by atoms with Crippen LogP contribution in [0.5, 0.6) is 0 Å². The molecule has 1 aliphatic rings. The zero-order valence-electron chi connectivity index (χ0n) is 45.2. The van der Waals surface area contributed by atoms with Crippen LogP contribution in [0, 0.1) is 12.8 Å². The van der Waals surface area contributed by atoms with Crippen LogP contribution in [0.3, 0.4) is 0 Å². The second kappa shape index (κ2) is 27.2. The molecule has 1 aromatic carbocycles. The summed E-state index contributed by atoms with van der Waals surface area (Å²) < 4.78 is 10.7. The third-order valence-electron chi connectivity index (χ3n) is 12.5. The first-order valence-corrected chi connectivity index (χ1v) is 30.7. The summed E-state index contributed by atoms with van der Waals surface area (Å²) in [6.07, 6.45) is -4.29. The maximum absolute atomic E-state index is 14.3. The number of carbonyl (C=O) groups excluding carboxylic acids is 6. The fraction of sp³-hybridized carbons (Fsp3) is 0.321. The summed E-state index contributed by atoms with van der Waals surface area (Å²) in [5, 5.41) is 55.9. The minimum Gasteiger partial charge on any atom is -0.481 e. The lowest BCUT2D eigenvalue weighted by molar-refractivity contribution is -0.139. The van der Waals surface area contributed by atoms with E-state index in [4.69, 9.17) is 34.5 Å². The van der Waals surface area contributed by atoms with Gasteiger partial charge in [-0.15, -0.1) is 68.0 Å². The SMILES string of the molecule is CNC(=O)C[C@@H]1NC(=O)c2csc(n2)-c2ccc(-c3nc(COC(=O)NCC(O)CC(=O)O)cs3)nc2-c2csc(n2)-c2csc(n2)C(C(O)c2ccccc2)NC(=O)CNC(=O)c2nc(sc2COC)[C@H](C(C)C)NC(=O)c2nc1sc2C. The highest BCUT2D eigenvalue weighted by atomic mass is 32.1. The highest BCUT2D eigenvalue weighted by Crippen LogP contribution is 2.40. The number of nitrogens with one attached hydrogen (secondary N) is 6. The molecule has 9 N–H and O–H groups in total. The number of thiazole rings is 6. The number of nitrogens with zero attached hydrogens (tertiary/aromatic N) is 7. The van der Waals surface area contributed by atoms with Crippen molar-refractivity contribution in [1.29, 1.82) is 0 Å². The molecule has 8 aromatic rings. The van der Waals surface area contributed by atoms with E-state index in [2.05, 4.69) is 46.9 Å². The number of aryl methyl sites for hydroxylation is 1. The predicted molar refractivity (Wildman–Crippen MR) is 313 cm³/mol. The van der Waals surface area contributed by atoms with Gasteiger partial charge in [0.25, 0.3) is 17.7 Å². The minimum atomic E-state index is -1.31. The van der Waals surface area contributed by atoms with Crippen molar-refractivity contribution in [2.45, 2.75) is 77.2 Å². The first-order valence-electron chi connectivity index (χ1n) is 25.6. The molecule has 5 atom stereocenters. The smallest absolute Gasteiger partial charge is 0.407 e. The Morgan fingerprint density at radius 1 is 0.702 bits per heavy atom. The molecule has 0 saturated carbocycles. The van der Waals surface area contributed by atoms with Crippen LogP contribution in [0.4, 0.5) is 4.79 Å². The summed E-state index contributed by atoms with van der Waals surface area (Å²) >= 11 is 7.07. The zero-order chi connectivity index (χ0) is 59.8. The molecule has 6 amide bonds. The Morgan fingerprint density at radius 3 is 2.17 bits per heavy atom. The van der Waals surface area contributed by atoms with Gasteiger partial charge in [0.1, 0.15) is 83.0 Å². The van der Waals surface area contributed by atoms with Crippen molar-refractivity contribution in [2.75, 3.05) is 27.2 Å². The van der Waals surface area contributed by atoms with Gasteiger partial charge < -0.3 is 56.7 Å². The van der Waals surface area contributed by atoms with Gasteiger partial charge in [0.05, 0.1) is 60.4 Å². The van der Waals surface area contributed by atoms with Gasteiger partial charge in [0.2, 0.25) is 11.8 Å². The summed E-state index contributed by atoms with van der Waals surface area (Å²) in [7, 11) is 2.92. The van der Waals surface area contributed by atoms with Crippen LogP contribution in [0.1, 0.15) is 118 Å². The van der Waals surface area contributed by atoms with Crippen molar-refractivity contribution in [3.63, 3.8) is 0 Å². The number of hydrogen-bond acceptors (Lipinski definition) is 24. The normalized spacial score (nSPS) is 16.6. The van der Waals surface area contributed by atoms with Crippen molar-refractivity contribution < 1.29 is 58.4 Å². The summed E-state index contributed by atoms with van der Waals surface area (Å²) in [6, 6.07) is 9.33. The van der Waals surface area contributed by atoms with Gasteiger partial charge in [-0.25, -0.2) is 39.7 Å². The molecule has 438 valence electrons. The van der Waals surface area contributed by atoms with Gasteiger partial charge in [0.15, 0.2) is 0 Å². The van der Waals surface area contributed by atoms with Crippen molar-refractivity contribution in [3.8, 4) is 43.4 Å². The molecule has 0 spiro atoms. The Balaban J connectivity index is 1.09. The highest BCUT2D eigenvalue weighted by Gasteiger charge is 2.33. The fourth-order valence-corrected chi connectivity index (χ4v) is 13.9. The first kappa shape index (κ1) is 60.7. The van der Waals surface area contributed by atoms with Crippen LogP contribution in [-0.4, -0.2) is 125 Å². The Labute approximate surface area is 502 Å². The van der Waals surface area contributed by atoms with Gasteiger partial charge >= 0.3 is 12.1 Å². The minimum absolute atomic E-state index is 0.00422. The predicted octanol–water partition coefficient (Wildman–Crippen LogP) is 6.37. The number of fused-ring (bicyclic) bond motifs is 14. The van der Waals surface area contributed by atoms with Crippen LogP contribution < -0.4 is 31.9 Å². The summed E-state index contributed by atoms with van der Waals surface area (Å²) in [6.45, 7) is 4.31. The number of amides is 6. The van der Waals surface area contributed by atoms with E-state index in [9.17, 15) is 43.8 Å². The number of carbonyl (C=O) groups is 7. The number of benzene rings is 1. The average molecular weight is 1260 g/mol. The van der Waals surface area contributed by atoms with Crippen LogP contribution in [0.2, 0.25) is 0 Å². The van der Waals surface area contributed by atoms with E-state index in [-0.39, 0.29) is 54.2 Å². The average Bonchev–Trinajstić information content (AvgIpc) is 4.28. The molecule has 9 rings (SSSR count). The lowest BCUT2D eigenvalue weighted by Crippen LogP contribution is -2.40. The molecule has 0 aliphatic carbocycles. The molecule has 1 aliphatic heterocycles. The standard InChI is InChI=1S/C53H53N13O12S6/c1-23(2)38-52-66-41(34(84-52)18-77-5)45(74)55-16-36(69)63-42(43(72)25-9-7-6-8-10-25)51-62-33(22-82-51)49-60-31(20-81-49)40-28(11-12-29(58-40)48-57-26(19-79-48)17-78-53(76)56-15-27(67)13-37(70)71)47-61-32(21-80-47)44(73)59-30(14-35(68)54-4)50-65-39(24(3)83-50)46(75)64-38/h6-12,19-23,27,30,38,42-43,67,72H,13-18H2,1-5H3,(H,54,68)(H,55,74)(H,56,76)(H,59,73)(H,63,69)(H,64,75)(H,70,71)/t27?,30-,38-,42?,43?/m0/s1. The number of aliphatic hydroxyl groups is 2. The Kier molecular flexibility index (Phi) is 19.7. The quantitative estimate of drug-likeness (QED) is 0.0570. The van der Waals surface area contributed by atoms with Gasteiger partial charge in [-0.2, -0.15) is 0 Å². The number of aliphatic hydroxyl groups excluding tert-OH is 2. The summed E-state index contributed by atoms with van der Waals surface area (Å²) in [5.41, 5.74) is 2.88. The van der Waals surface area contributed by atoms with Crippen molar-refractivity contribution >= 4 is 110 Å². The molecule has 3 unspecified atom stereocenters. The first-order chi connectivity index (χ1) is 40.3. The number of methoxy groups -OCH3 is 1. The maximum atomic E-state index is 14.3. The third-order valence-corrected chi connectivity index (χ3v) is 18.3. The van der Waals surface area contributed by atoms with Crippen molar-refractivity contribution in [1.82, 2.24) is 66.8 Å². The molecule has 7 aromatic heterocycles. The molecule has 0 radical (unpaired) electrons. The van der Waals surface area contributed by atoms with Gasteiger partial charge in [-0.1, -0.05) is 44.2 Å². The van der Waals surface area contributed by atoms with Crippen LogP contribution >= 0.6 is 68.0 Å². The number of alkyl carbamates (subject to hydrolysis) is 1. The van der Waals surface area contributed by atoms with E-state index in [1.165, 1.54) is 48.2 Å². The highest BCUT2D eigenvalue weighted by molar-refractivity contribution is 7.15. The number of ether oxygens (including phenoxy) is 2. The number of hydrogen-bond donors (Lipinski definition) is 9. The number of pyridine rings is 1. The van der Waals surface area contributed by atoms with E-state index in [0.717, 1.165) is 34.0 Å². The monoisotopic (exact) mass is 1260 g/mol. The van der Waals surface area contributed by atoms with E-state index < -0.39 is 84.9 Å². The molecule has 25 nitrogen and oxygen atoms in total. The van der Waals surface area contributed by atoms with Crippen LogP contribution in [0.25, 0.3) is 43.4 Å². The van der Waals surface area contributed by atoms with E-state index in [0.29, 0.717) is 74.4 Å². The molecule has 0 saturated heterocycles. The van der Waals surface area contributed by atoms with Crippen LogP contribution in [0.15, 0.2) is 64.0 Å². The number of aliphatic carboxylic acids is 1. The largest absolute Gasteiger partial charge is 0.481 e. The van der Waals surface area contributed by atoms with Crippen LogP contribution in [-0.2, 0) is 37.1 Å². The Morgan fingerprint density at radius 2 is 1.42 bits per heavy atom. The molecule has 84 heavy (non-hydrogen) atoms. The molecule has 10 bridgehead atoms. The molecule has 31 heteroatoms. The summed E-state index contributed by atoms with van der Waals surface area (Å²) in [5.74, 6) is -4.44. The second-order valence-corrected chi connectivity index (χ2v) is 24.8. The van der Waals surface area contributed by atoms with Gasteiger partial charge in [-0.3, -0.25) is 28.8 Å². The lowest BCUT2D eigenvalue weighted by atomic mass is 10.0. The summed E-state index contributed by atoms with van der Waals surface area (Å²) in [4.78, 5) is 127. The zero-order valence-corrected chi connectivity index (χ0v) is 50.1. The second-order valence-electron chi connectivity index (χ2n) is 19.0. The molecule has 8 heterocycles. The fourth-order valence-electron chi connectivity index (χ4n) is 8.35. The molecular weight excluding hydrogens is 1200 g/mol.